The van der Waals surface area contributed by atoms with Crippen LogP contribution < -0.4 is 0 Å². The summed E-state index contributed by atoms with van der Waals surface area (Å²) in [6.07, 6.45) is 5.23. The SMILES string of the molecule is O=C(C[C@H]1CCCC=C1C(=O)c1ccc2ccccc2c1)c1ccc2ccccc2c1. The second-order valence-corrected chi connectivity index (χ2v) is 8.37. The summed E-state index contributed by atoms with van der Waals surface area (Å²) in [7, 11) is 0. The molecule has 0 aliphatic heterocycles. The van der Waals surface area contributed by atoms with Crippen LogP contribution in [0.25, 0.3) is 21.5 Å². The molecule has 0 radical (unpaired) electrons. The average molecular weight is 405 g/mol. The molecule has 1 atom stereocenters. The molecule has 2 heteroatoms. The van der Waals surface area contributed by atoms with Crippen LogP contribution in [0, 0.1) is 5.92 Å². The van der Waals surface area contributed by atoms with Crippen LogP contribution in [0.5, 0.6) is 0 Å². The van der Waals surface area contributed by atoms with Gasteiger partial charge in [-0.05, 0) is 64.4 Å². The van der Waals surface area contributed by atoms with E-state index >= 15 is 0 Å². The van der Waals surface area contributed by atoms with E-state index in [0.29, 0.717) is 12.0 Å². The molecular weight excluding hydrogens is 380 g/mol. The van der Waals surface area contributed by atoms with Gasteiger partial charge in [0.25, 0.3) is 0 Å². The molecule has 0 bridgehead atoms. The van der Waals surface area contributed by atoms with Crippen molar-refractivity contribution in [3.05, 3.63) is 108 Å². The molecule has 0 amide bonds. The monoisotopic (exact) mass is 404 g/mol. The first-order valence-corrected chi connectivity index (χ1v) is 10.9. The summed E-state index contributed by atoms with van der Waals surface area (Å²) in [6, 6.07) is 27.9. The molecule has 4 aromatic carbocycles. The van der Waals surface area contributed by atoms with Crippen LogP contribution in [0.15, 0.2) is 96.6 Å². The van der Waals surface area contributed by atoms with Crippen LogP contribution in [0.1, 0.15) is 46.4 Å². The molecule has 0 spiro atoms. The zero-order chi connectivity index (χ0) is 21.2. The number of benzene rings is 4. The van der Waals surface area contributed by atoms with Crippen molar-refractivity contribution in [2.24, 2.45) is 5.92 Å². The highest BCUT2D eigenvalue weighted by atomic mass is 16.1. The molecule has 1 aliphatic carbocycles. The van der Waals surface area contributed by atoms with Crippen LogP contribution in [0.2, 0.25) is 0 Å². The highest BCUT2D eigenvalue weighted by Crippen LogP contribution is 2.32. The molecule has 0 saturated heterocycles. The van der Waals surface area contributed by atoms with Crippen LogP contribution in [-0.4, -0.2) is 11.6 Å². The third-order valence-electron chi connectivity index (χ3n) is 6.34. The van der Waals surface area contributed by atoms with Crippen molar-refractivity contribution >= 4 is 33.1 Å². The first kappa shape index (κ1) is 19.4. The zero-order valence-electron chi connectivity index (χ0n) is 17.4. The second kappa shape index (κ2) is 8.31. The smallest absolute Gasteiger partial charge is 0.189 e. The highest BCUT2D eigenvalue weighted by molar-refractivity contribution is 6.11. The molecule has 31 heavy (non-hydrogen) atoms. The number of rotatable bonds is 5. The fraction of sp³-hybridized carbons (Fsp3) is 0.172. The van der Waals surface area contributed by atoms with E-state index < -0.39 is 0 Å². The van der Waals surface area contributed by atoms with Gasteiger partial charge in [-0.15, -0.1) is 0 Å². The van der Waals surface area contributed by atoms with Crippen molar-refractivity contribution in [1.29, 1.82) is 0 Å². The Labute approximate surface area is 182 Å². The van der Waals surface area contributed by atoms with E-state index in [1.807, 2.05) is 78.9 Å². The Kier molecular flexibility index (Phi) is 5.21. The number of ketones is 2. The Hall–Kier alpha value is -3.52. The molecule has 1 aliphatic rings. The van der Waals surface area contributed by atoms with Crippen molar-refractivity contribution in [2.45, 2.75) is 25.7 Å². The Morgan fingerprint density at radius 2 is 1.29 bits per heavy atom. The summed E-state index contributed by atoms with van der Waals surface area (Å²) < 4.78 is 0. The topological polar surface area (TPSA) is 34.1 Å². The van der Waals surface area contributed by atoms with E-state index in [4.69, 9.17) is 0 Å². The van der Waals surface area contributed by atoms with Crippen molar-refractivity contribution in [3.8, 4) is 0 Å². The van der Waals surface area contributed by atoms with E-state index in [9.17, 15) is 9.59 Å². The maximum atomic E-state index is 13.4. The lowest BCUT2D eigenvalue weighted by atomic mass is 9.79. The van der Waals surface area contributed by atoms with Crippen molar-refractivity contribution in [2.75, 3.05) is 0 Å². The lowest BCUT2D eigenvalue weighted by Gasteiger charge is -2.23. The van der Waals surface area contributed by atoms with E-state index in [-0.39, 0.29) is 17.5 Å². The van der Waals surface area contributed by atoms with Crippen molar-refractivity contribution in [1.82, 2.24) is 0 Å². The predicted molar refractivity (Wildman–Crippen MR) is 127 cm³/mol. The third-order valence-corrected chi connectivity index (χ3v) is 6.34. The number of carbonyl (C=O) groups is 2. The molecule has 5 rings (SSSR count). The summed E-state index contributed by atoms with van der Waals surface area (Å²) in [5.74, 6) is 0.142. The molecule has 0 saturated carbocycles. The van der Waals surface area contributed by atoms with Gasteiger partial charge in [0.1, 0.15) is 0 Å². The Morgan fingerprint density at radius 3 is 1.97 bits per heavy atom. The molecule has 0 heterocycles. The maximum absolute atomic E-state index is 13.4. The molecule has 0 N–H and O–H groups in total. The average Bonchev–Trinajstić information content (AvgIpc) is 2.83. The molecule has 4 aromatic rings. The van der Waals surface area contributed by atoms with Gasteiger partial charge in [-0.3, -0.25) is 9.59 Å². The van der Waals surface area contributed by atoms with Gasteiger partial charge < -0.3 is 0 Å². The Balaban J connectivity index is 1.39. The van der Waals surface area contributed by atoms with Crippen molar-refractivity contribution < 1.29 is 9.59 Å². The summed E-state index contributed by atoms with van der Waals surface area (Å²) in [5, 5.41) is 4.39. The maximum Gasteiger partial charge on any atom is 0.189 e. The fourth-order valence-corrected chi connectivity index (χ4v) is 4.64. The second-order valence-electron chi connectivity index (χ2n) is 8.37. The van der Waals surface area contributed by atoms with E-state index in [2.05, 4.69) is 12.1 Å². The minimum absolute atomic E-state index is 0.0216. The Morgan fingerprint density at radius 1 is 0.710 bits per heavy atom. The third kappa shape index (κ3) is 3.94. The lowest BCUT2D eigenvalue weighted by molar-refractivity contribution is 0.0954. The number of hydrogen-bond donors (Lipinski definition) is 0. The largest absolute Gasteiger partial charge is 0.294 e. The van der Waals surface area contributed by atoms with Crippen LogP contribution >= 0.6 is 0 Å². The van der Waals surface area contributed by atoms with Gasteiger partial charge in [0.2, 0.25) is 0 Å². The molecular formula is C29H24O2. The first-order valence-electron chi connectivity index (χ1n) is 10.9. The van der Waals surface area contributed by atoms with Gasteiger partial charge in [-0.2, -0.15) is 0 Å². The standard InChI is InChI=1S/C29H24O2/c30-28(25-15-13-20-7-1-3-9-22(20)17-25)19-24-11-5-6-12-27(24)29(31)26-16-14-21-8-2-4-10-23(21)18-26/h1-4,7-10,12-18,24H,5-6,11,19H2/t24-/m1/s1. The van der Waals surface area contributed by atoms with Crippen LogP contribution in [0.4, 0.5) is 0 Å². The van der Waals surface area contributed by atoms with Gasteiger partial charge in [-0.25, -0.2) is 0 Å². The van der Waals surface area contributed by atoms with E-state index in [1.54, 1.807) is 0 Å². The highest BCUT2D eigenvalue weighted by Gasteiger charge is 2.27. The number of fused-ring (bicyclic) bond motifs is 2. The van der Waals surface area contributed by atoms with Crippen LogP contribution in [0.3, 0.4) is 0 Å². The van der Waals surface area contributed by atoms with Gasteiger partial charge in [0, 0.05) is 17.5 Å². The molecule has 152 valence electrons. The van der Waals surface area contributed by atoms with Gasteiger partial charge in [0.15, 0.2) is 11.6 Å². The summed E-state index contributed by atoms with van der Waals surface area (Å²) >= 11 is 0. The van der Waals surface area contributed by atoms with Gasteiger partial charge >= 0.3 is 0 Å². The Bertz CT molecular complexity index is 1330. The minimum atomic E-state index is -0.0216. The normalized spacial score (nSPS) is 16.3. The van der Waals surface area contributed by atoms with Gasteiger partial charge in [0.05, 0.1) is 0 Å². The fourth-order valence-electron chi connectivity index (χ4n) is 4.64. The number of carbonyl (C=O) groups excluding carboxylic acids is 2. The number of allylic oxidation sites excluding steroid dienone is 2. The first-order chi connectivity index (χ1) is 15.2. The predicted octanol–water partition coefficient (Wildman–Crippen LogP) is 7.18. The molecule has 0 unspecified atom stereocenters. The zero-order valence-corrected chi connectivity index (χ0v) is 17.4. The van der Waals surface area contributed by atoms with Crippen molar-refractivity contribution in [3.63, 3.8) is 0 Å². The molecule has 0 fully saturated rings. The summed E-state index contributed by atoms with van der Waals surface area (Å²) in [6.45, 7) is 0. The lowest BCUT2D eigenvalue weighted by Crippen LogP contribution is -2.20. The molecule has 0 aromatic heterocycles. The number of hydrogen-bond acceptors (Lipinski definition) is 2. The number of Topliss-reactive ketones (excluding diaryl/α,β-unsaturated/α-hetero) is 2. The van der Waals surface area contributed by atoms with E-state index in [1.165, 1.54) is 0 Å². The molecule has 2 nitrogen and oxygen atoms in total. The summed E-state index contributed by atoms with van der Waals surface area (Å²) in [5.41, 5.74) is 2.23. The van der Waals surface area contributed by atoms with Gasteiger partial charge in [-0.1, -0.05) is 78.9 Å². The van der Waals surface area contributed by atoms with Crippen LogP contribution in [-0.2, 0) is 0 Å². The summed E-state index contributed by atoms with van der Waals surface area (Å²) in [4.78, 5) is 26.5. The quantitative estimate of drug-likeness (QED) is 0.330. The minimum Gasteiger partial charge on any atom is -0.294 e. The van der Waals surface area contributed by atoms with E-state index in [0.717, 1.165) is 51.9 Å².